The molecule has 3 aliphatic carbocycles. The monoisotopic (exact) mass is 290 g/mol. The Balaban J connectivity index is 1.43. The molecule has 21 heavy (non-hydrogen) atoms. The van der Waals surface area contributed by atoms with E-state index in [0.717, 1.165) is 29.6 Å². The Bertz CT molecular complexity index is 360. The summed E-state index contributed by atoms with van der Waals surface area (Å²) in [5.41, 5.74) is 6.82. The third-order valence-electron chi connectivity index (χ3n) is 7.18. The maximum Gasteiger partial charge on any atom is 0.00452 e. The molecule has 2 nitrogen and oxygen atoms in total. The molecule has 1 saturated heterocycles. The Labute approximate surface area is 130 Å². The van der Waals surface area contributed by atoms with Gasteiger partial charge in [-0.2, -0.15) is 0 Å². The van der Waals surface area contributed by atoms with Gasteiger partial charge in [0.25, 0.3) is 0 Å². The molecule has 2 bridgehead atoms. The lowest BCUT2D eigenvalue weighted by Crippen LogP contribution is -2.46. The van der Waals surface area contributed by atoms with Crippen LogP contribution < -0.4 is 5.73 Å². The second kappa shape index (κ2) is 5.23. The molecule has 1 heterocycles. The number of nitrogens with two attached hydrogens (primary N) is 1. The summed E-state index contributed by atoms with van der Waals surface area (Å²) in [6.07, 6.45) is 10.1. The highest BCUT2D eigenvalue weighted by atomic mass is 15.2. The fourth-order valence-corrected chi connectivity index (χ4v) is 7.15. The highest BCUT2D eigenvalue weighted by Crippen LogP contribution is 2.53. The van der Waals surface area contributed by atoms with Gasteiger partial charge in [0.2, 0.25) is 0 Å². The van der Waals surface area contributed by atoms with Gasteiger partial charge < -0.3 is 10.6 Å². The zero-order chi connectivity index (χ0) is 14.6. The van der Waals surface area contributed by atoms with E-state index in [1.165, 1.54) is 64.6 Å². The second-order valence-corrected chi connectivity index (χ2v) is 9.61. The number of likely N-dealkylation sites (tertiary alicyclic amines) is 1. The van der Waals surface area contributed by atoms with Gasteiger partial charge >= 0.3 is 0 Å². The molecule has 2 N–H and O–H groups in total. The maximum absolute atomic E-state index is 6.15. The summed E-state index contributed by atoms with van der Waals surface area (Å²) < 4.78 is 0. The molecular formula is C19H34N2. The summed E-state index contributed by atoms with van der Waals surface area (Å²) in [6.45, 7) is 9.13. The summed E-state index contributed by atoms with van der Waals surface area (Å²) in [5, 5.41) is 0. The molecule has 1 aliphatic heterocycles. The largest absolute Gasteiger partial charge is 0.328 e. The van der Waals surface area contributed by atoms with Crippen molar-refractivity contribution in [3.05, 3.63) is 0 Å². The molecule has 0 amide bonds. The zero-order valence-corrected chi connectivity index (χ0v) is 14.1. The Morgan fingerprint density at radius 1 is 0.905 bits per heavy atom. The van der Waals surface area contributed by atoms with E-state index in [1.54, 1.807) is 0 Å². The first kappa shape index (κ1) is 14.5. The quantitative estimate of drug-likeness (QED) is 0.843. The van der Waals surface area contributed by atoms with E-state index in [-0.39, 0.29) is 0 Å². The van der Waals surface area contributed by atoms with Crippen LogP contribution in [0, 0.1) is 35.0 Å². The molecule has 0 spiro atoms. The summed E-state index contributed by atoms with van der Waals surface area (Å²) >= 11 is 0. The fraction of sp³-hybridized carbons (Fsp3) is 1.00. The Morgan fingerprint density at radius 2 is 1.48 bits per heavy atom. The van der Waals surface area contributed by atoms with Crippen molar-refractivity contribution in [1.29, 1.82) is 0 Å². The minimum Gasteiger partial charge on any atom is -0.328 e. The van der Waals surface area contributed by atoms with Crippen molar-refractivity contribution in [2.24, 2.45) is 40.7 Å². The van der Waals surface area contributed by atoms with Gasteiger partial charge in [0.05, 0.1) is 0 Å². The summed E-state index contributed by atoms with van der Waals surface area (Å²) in [7, 11) is 0. The van der Waals surface area contributed by atoms with E-state index in [0.29, 0.717) is 11.5 Å². The van der Waals surface area contributed by atoms with Gasteiger partial charge in [0, 0.05) is 25.7 Å². The van der Waals surface area contributed by atoms with Crippen molar-refractivity contribution in [3.8, 4) is 0 Å². The molecule has 2 heteroatoms. The van der Waals surface area contributed by atoms with Crippen LogP contribution >= 0.6 is 0 Å². The average Bonchev–Trinajstić information content (AvgIpc) is 2.82. The van der Waals surface area contributed by atoms with Crippen molar-refractivity contribution in [3.63, 3.8) is 0 Å². The predicted octanol–water partition coefficient (Wildman–Crippen LogP) is 3.51. The van der Waals surface area contributed by atoms with Crippen LogP contribution in [0.1, 0.15) is 58.8 Å². The SMILES string of the molecule is CC1CC2CC(C)CC(CN3C[C@H]4C[C@H](N)C[C@H]4C3)(C1)C2. The number of hydrogen-bond acceptors (Lipinski definition) is 2. The summed E-state index contributed by atoms with van der Waals surface area (Å²) in [4.78, 5) is 2.84. The Kier molecular flexibility index (Phi) is 3.61. The lowest BCUT2D eigenvalue weighted by Gasteiger charge is -2.51. The van der Waals surface area contributed by atoms with Gasteiger partial charge in [-0.3, -0.25) is 0 Å². The molecule has 120 valence electrons. The van der Waals surface area contributed by atoms with Crippen molar-refractivity contribution in [2.75, 3.05) is 19.6 Å². The van der Waals surface area contributed by atoms with Gasteiger partial charge in [-0.25, -0.2) is 0 Å². The van der Waals surface area contributed by atoms with E-state index in [4.69, 9.17) is 5.73 Å². The van der Waals surface area contributed by atoms with Crippen LogP contribution in [-0.4, -0.2) is 30.6 Å². The lowest BCUT2D eigenvalue weighted by molar-refractivity contribution is -0.00650. The molecule has 0 aromatic carbocycles. The molecule has 5 atom stereocenters. The third-order valence-corrected chi connectivity index (χ3v) is 7.18. The molecule has 0 radical (unpaired) electrons. The van der Waals surface area contributed by atoms with E-state index < -0.39 is 0 Å². The van der Waals surface area contributed by atoms with Gasteiger partial charge in [0.15, 0.2) is 0 Å². The van der Waals surface area contributed by atoms with Gasteiger partial charge in [0.1, 0.15) is 0 Å². The van der Waals surface area contributed by atoms with Crippen molar-refractivity contribution < 1.29 is 0 Å². The van der Waals surface area contributed by atoms with Crippen LogP contribution in [0.5, 0.6) is 0 Å². The molecule has 3 saturated carbocycles. The van der Waals surface area contributed by atoms with Crippen molar-refractivity contribution >= 4 is 0 Å². The topological polar surface area (TPSA) is 29.3 Å². The molecule has 0 aromatic rings. The smallest absolute Gasteiger partial charge is 0.00452 e. The van der Waals surface area contributed by atoms with E-state index in [2.05, 4.69) is 18.7 Å². The molecule has 4 fully saturated rings. The zero-order valence-electron chi connectivity index (χ0n) is 14.1. The van der Waals surface area contributed by atoms with Crippen molar-refractivity contribution in [1.82, 2.24) is 4.90 Å². The minimum atomic E-state index is 0.508. The number of fused-ring (bicyclic) bond motifs is 3. The van der Waals surface area contributed by atoms with E-state index in [1.807, 2.05) is 0 Å². The highest BCUT2D eigenvalue weighted by Gasteiger charge is 2.47. The number of hydrogen-bond donors (Lipinski definition) is 1. The third kappa shape index (κ3) is 2.79. The molecule has 0 aromatic heterocycles. The van der Waals surface area contributed by atoms with Crippen LogP contribution in [0.15, 0.2) is 0 Å². The van der Waals surface area contributed by atoms with Crippen LogP contribution in [0.25, 0.3) is 0 Å². The van der Waals surface area contributed by atoms with Crippen LogP contribution in [0.3, 0.4) is 0 Å². The summed E-state index contributed by atoms with van der Waals surface area (Å²) in [5.74, 6) is 4.81. The van der Waals surface area contributed by atoms with Gasteiger partial charge in [-0.1, -0.05) is 13.8 Å². The lowest BCUT2D eigenvalue weighted by atomic mass is 9.56. The van der Waals surface area contributed by atoms with E-state index >= 15 is 0 Å². The van der Waals surface area contributed by atoms with Gasteiger partial charge in [-0.05, 0) is 80.0 Å². The molecule has 4 aliphatic rings. The molecular weight excluding hydrogens is 256 g/mol. The Morgan fingerprint density at radius 3 is 2.05 bits per heavy atom. The predicted molar refractivity (Wildman–Crippen MR) is 88.0 cm³/mol. The standard InChI is InChI=1S/C19H34N2/c1-13-3-15-4-14(2)8-19(7-13,9-15)12-21-10-16-5-18(20)6-17(16)11-21/h13-18H,3-12,20H2,1-2H3/t13?,14?,15?,16-,17+,18+,19?. The first-order valence-corrected chi connectivity index (χ1v) is 9.49. The Hall–Kier alpha value is -0.0800. The fourth-order valence-electron chi connectivity index (χ4n) is 7.15. The second-order valence-electron chi connectivity index (χ2n) is 9.61. The van der Waals surface area contributed by atoms with Crippen LogP contribution in [-0.2, 0) is 0 Å². The first-order valence-electron chi connectivity index (χ1n) is 9.49. The first-order chi connectivity index (χ1) is 10.0. The van der Waals surface area contributed by atoms with Crippen LogP contribution in [0.4, 0.5) is 0 Å². The minimum absolute atomic E-state index is 0.508. The van der Waals surface area contributed by atoms with Crippen LogP contribution in [0.2, 0.25) is 0 Å². The number of rotatable bonds is 2. The summed E-state index contributed by atoms with van der Waals surface area (Å²) in [6, 6.07) is 0.508. The highest BCUT2D eigenvalue weighted by molar-refractivity contribution is 5.00. The molecule has 2 unspecified atom stereocenters. The van der Waals surface area contributed by atoms with E-state index in [9.17, 15) is 0 Å². The normalized spacial score (nSPS) is 53.9. The van der Waals surface area contributed by atoms with Crippen molar-refractivity contribution in [2.45, 2.75) is 64.8 Å². The van der Waals surface area contributed by atoms with Gasteiger partial charge in [-0.15, -0.1) is 0 Å². The number of nitrogens with zero attached hydrogens (tertiary/aromatic N) is 1. The maximum atomic E-state index is 6.15. The average molecular weight is 290 g/mol. The molecule has 4 rings (SSSR count).